The Hall–Kier alpha value is -0.560. The van der Waals surface area contributed by atoms with Gasteiger partial charge in [0.1, 0.15) is 0 Å². The Morgan fingerprint density at radius 3 is 2.79 bits per heavy atom. The summed E-state index contributed by atoms with van der Waals surface area (Å²) in [6, 6.07) is 0. The van der Waals surface area contributed by atoms with Crippen LogP contribution in [0.5, 0.6) is 0 Å². The number of aliphatic hydroxyl groups excluding tert-OH is 1. The highest BCUT2D eigenvalue weighted by atomic mass is 16.3. The third-order valence-corrected chi connectivity index (χ3v) is 2.95. The third-order valence-electron chi connectivity index (χ3n) is 2.95. The van der Waals surface area contributed by atoms with Crippen molar-refractivity contribution in [3.8, 4) is 0 Å². The highest BCUT2D eigenvalue weighted by Crippen LogP contribution is 2.28. The maximum absolute atomic E-state index is 9.83. The molecule has 1 aliphatic rings. The maximum atomic E-state index is 9.83. The molecule has 1 N–H and O–H groups in total. The molecule has 14 heavy (non-hydrogen) atoms. The molecule has 0 heterocycles. The Kier molecular flexibility index (Phi) is 4.40. The van der Waals surface area contributed by atoms with E-state index in [2.05, 4.69) is 26.8 Å². The lowest BCUT2D eigenvalue weighted by Gasteiger charge is -2.23. The Bertz CT molecular complexity index is 244. The second-order valence-electron chi connectivity index (χ2n) is 4.53. The van der Waals surface area contributed by atoms with Crippen LogP contribution >= 0.6 is 0 Å². The van der Waals surface area contributed by atoms with Gasteiger partial charge in [-0.15, -0.1) is 0 Å². The number of hydrogen-bond acceptors (Lipinski definition) is 1. The van der Waals surface area contributed by atoms with Gasteiger partial charge >= 0.3 is 0 Å². The van der Waals surface area contributed by atoms with E-state index in [0.717, 1.165) is 25.7 Å². The molecule has 0 aliphatic heterocycles. The van der Waals surface area contributed by atoms with Crippen molar-refractivity contribution in [1.29, 1.82) is 0 Å². The van der Waals surface area contributed by atoms with E-state index in [-0.39, 0.29) is 6.10 Å². The lowest BCUT2D eigenvalue weighted by Crippen LogP contribution is -2.16. The van der Waals surface area contributed by atoms with E-state index >= 15 is 0 Å². The first-order valence-electron chi connectivity index (χ1n) is 5.61. The SMILES string of the molecule is CC(C)=CCCC1=C(C)CCCC1O. The smallest absolute Gasteiger partial charge is 0.0752 e. The lowest BCUT2D eigenvalue weighted by atomic mass is 9.87. The van der Waals surface area contributed by atoms with Crippen LogP contribution in [0, 0.1) is 0 Å². The molecule has 1 rings (SSSR count). The first-order chi connectivity index (χ1) is 6.61. The summed E-state index contributed by atoms with van der Waals surface area (Å²) in [5.74, 6) is 0. The van der Waals surface area contributed by atoms with Crippen LogP contribution in [0.4, 0.5) is 0 Å². The number of hydrogen-bond donors (Lipinski definition) is 1. The van der Waals surface area contributed by atoms with Crippen LogP contribution in [0.15, 0.2) is 22.8 Å². The van der Waals surface area contributed by atoms with Gasteiger partial charge in [0.15, 0.2) is 0 Å². The summed E-state index contributed by atoms with van der Waals surface area (Å²) in [6.07, 6.45) is 7.50. The van der Waals surface area contributed by atoms with Gasteiger partial charge < -0.3 is 5.11 Å². The first kappa shape index (κ1) is 11.5. The Balaban J connectivity index is 2.53. The summed E-state index contributed by atoms with van der Waals surface area (Å²) in [4.78, 5) is 0. The van der Waals surface area contributed by atoms with Crippen LogP contribution < -0.4 is 0 Å². The van der Waals surface area contributed by atoms with Gasteiger partial charge in [0, 0.05) is 0 Å². The lowest BCUT2D eigenvalue weighted by molar-refractivity contribution is 0.184. The third kappa shape index (κ3) is 3.30. The predicted molar refractivity (Wildman–Crippen MR) is 61.2 cm³/mol. The molecule has 1 atom stereocenters. The van der Waals surface area contributed by atoms with Crippen molar-refractivity contribution in [2.75, 3.05) is 0 Å². The fourth-order valence-electron chi connectivity index (χ4n) is 2.08. The van der Waals surface area contributed by atoms with Gasteiger partial charge in [0.2, 0.25) is 0 Å². The van der Waals surface area contributed by atoms with Crippen molar-refractivity contribution < 1.29 is 5.11 Å². The van der Waals surface area contributed by atoms with Crippen molar-refractivity contribution >= 4 is 0 Å². The Labute approximate surface area is 87.5 Å². The van der Waals surface area contributed by atoms with Crippen LogP contribution in [-0.4, -0.2) is 11.2 Å². The van der Waals surface area contributed by atoms with Crippen molar-refractivity contribution in [1.82, 2.24) is 0 Å². The Morgan fingerprint density at radius 2 is 2.21 bits per heavy atom. The molecule has 80 valence electrons. The van der Waals surface area contributed by atoms with Gasteiger partial charge in [-0.25, -0.2) is 0 Å². The van der Waals surface area contributed by atoms with E-state index < -0.39 is 0 Å². The van der Waals surface area contributed by atoms with E-state index in [4.69, 9.17) is 0 Å². The number of aliphatic hydroxyl groups is 1. The zero-order chi connectivity index (χ0) is 10.6. The first-order valence-corrected chi connectivity index (χ1v) is 5.61. The molecule has 0 saturated heterocycles. The minimum absolute atomic E-state index is 0.158. The summed E-state index contributed by atoms with van der Waals surface area (Å²) in [5, 5.41) is 9.83. The van der Waals surface area contributed by atoms with Crippen LogP contribution in [0.25, 0.3) is 0 Å². The zero-order valence-electron chi connectivity index (χ0n) is 9.64. The minimum Gasteiger partial charge on any atom is -0.389 e. The molecule has 0 saturated carbocycles. The van der Waals surface area contributed by atoms with Crippen LogP contribution in [0.1, 0.15) is 52.9 Å². The van der Waals surface area contributed by atoms with E-state index in [9.17, 15) is 5.11 Å². The summed E-state index contributed by atoms with van der Waals surface area (Å²) < 4.78 is 0. The summed E-state index contributed by atoms with van der Waals surface area (Å²) in [7, 11) is 0. The molecule has 0 aromatic heterocycles. The molecular formula is C13H22O. The molecule has 0 radical (unpaired) electrons. The summed E-state index contributed by atoms with van der Waals surface area (Å²) in [5.41, 5.74) is 4.09. The fourth-order valence-corrected chi connectivity index (χ4v) is 2.08. The second-order valence-corrected chi connectivity index (χ2v) is 4.53. The van der Waals surface area contributed by atoms with Crippen molar-refractivity contribution in [3.05, 3.63) is 22.8 Å². The number of rotatable bonds is 3. The van der Waals surface area contributed by atoms with E-state index in [1.165, 1.54) is 23.1 Å². The van der Waals surface area contributed by atoms with Gasteiger partial charge in [0.05, 0.1) is 6.10 Å². The van der Waals surface area contributed by atoms with Crippen molar-refractivity contribution in [3.63, 3.8) is 0 Å². The topological polar surface area (TPSA) is 20.2 Å². The summed E-state index contributed by atoms with van der Waals surface area (Å²) in [6.45, 7) is 6.41. The normalized spacial score (nSPS) is 22.4. The van der Waals surface area contributed by atoms with Crippen LogP contribution in [0.3, 0.4) is 0 Å². The highest BCUT2D eigenvalue weighted by molar-refractivity contribution is 5.20. The largest absolute Gasteiger partial charge is 0.389 e. The predicted octanol–water partition coefficient (Wildman–Crippen LogP) is 3.59. The van der Waals surface area contributed by atoms with Crippen molar-refractivity contribution in [2.24, 2.45) is 0 Å². The highest BCUT2D eigenvalue weighted by Gasteiger charge is 2.17. The van der Waals surface area contributed by atoms with Crippen LogP contribution in [0.2, 0.25) is 0 Å². The monoisotopic (exact) mass is 194 g/mol. The molecule has 0 aromatic carbocycles. The van der Waals surface area contributed by atoms with E-state index in [0.29, 0.717) is 0 Å². The van der Waals surface area contributed by atoms with E-state index in [1.54, 1.807) is 0 Å². The van der Waals surface area contributed by atoms with Gasteiger partial charge in [-0.1, -0.05) is 17.2 Å². The second kappa shape index (κ2) is 5.35. The van der Waals surface area contributed by atoms with E-state index in [1.807, 2.05) is 0 Å². The molecule has 1 nitrogen and oxygen atoms in total. The molecular weight excluding hydrogens is 172 g/mol. The molecule has 0 bridgehead atoms. The average molecular weight is 194 g/mol. The maximum Gasteiger partial charge on any atom is 0.0752 e. The quantitative estimate of drug-likeness (QED) is 0.681. The van der Waals surface area contributed by atoms with Gasteiger partial charge in [-0.2, -0.15) is 0 Å². The molecule has 1 unspecified atom stereocenters. The number of allylic oxidation sites excluding steroid dienone is 3. The fraction of sp³-hybridized carbons (Fsp3) is 0.692. The van der Waals surface area contributed by atoms with Gasteiger partial charge in [0.25, 0.3) is 0 Å². The molecule has 0 aromatic rings. The standard InChI is InChI=1S/C13H22O/c1-10(2)6-4-8-12-11(3)7-5-9-13(12)14/h6,13-14H,4-5,7-9H2,1-3H3. The Morgan fingerprint density at radius 1 is 1.50 bits per heavy atom. The minimum atomic E-state index is -0.158. The van der Waals surface area contributed by atoms with Crippen LogP contribution in [-0.2, 0) is 0 Å². The van der Waals surface area contributed by atoms with Crippen molar-refractivity contribution in [2.45, 2.75) is 59.0 Å². The molecule has 0 amide bonds. The van der Waals surface area contributed by atoms with Gasteiger partial charge in [-0.3, -0.25) is 0 Å². The molecule has 0 spiro atoms. The molecule has 1 heteroatoms. The average Bonchev–Trinajstić information content (AvgIpc) is 2.09. The van der Waals surface area contributed by atoms with Gasteiger partial charge in [-0.05, 0) is 58.4 Å². The zero-order valence-corrected chi connectivity index (χ0v) is 9.64. The molecule has 1 aliphatic carbocycles. The summed E-state index contributed by atoms with van der Waals surface area (Å²) >= 11 is 0. The molecule has 0 fully saturated rings.